The van der Waals surface area contributed by atoms with Crippen LogP contribution in [0.5, 0.6) is 0 Å². The number of nitrogens with zero attached hydrogens (tertiary/aromatic N) is 5. The number of aromatic nitrogens is 2. The Bertz CT molecular complexity index is 835. The van der Waals surface area contributed by atoms with Gasteiger partial charge in [-0.1, -0.05) is 26.0 Å². The number of aryl methyl sites for hydroxylation is 1. The van der Waals surface area contributed by atoms with Crippen LogP contribution < -0.4 is 4.90 Å². The van der Waals surface area contributed by atoms with Gasteiger partial charge in [0.05, 0.1) is 12.1 Å². The highest BCUT2D eigenvalue weighted by atomic mass is 16.2. The molecule has 0 saturated carbocycles. The van der Waals surface area contributed by atoms with Gasteiger partial charge in [0.1, 0.15) is 11.6 Å². The van der Waals surface area contributed by atoms with Gasteiger partial charge in [-0.3, -0.25) is 9.69 Å². The lowest BCUT2D eigenvalue weighted by Crippen LogP contribution is -2.34. The molecule has 152 valence electrons. The average molecular weight is 384 g/mol. The number of carbonyl (C=O) groups is 1. The fourth-order valence-electron chi connectivity index (χ4n) is 4.01. The van der Waals surface area contributed by atoms with Crippen molar-refractivity contribution >= 4 is 22.6 Å². The summed E-state index contributed by atoms with van der Waals surface area (Å²) in [5.41, 5.74) is 2.21. The number of hydrogen-bond donors (Lipinski definition) is 0. The normalized spacial score (nSPS) is 15.5. The molecule has 6 heteroatoms. The van der Waals surface area contributed by atoms with Crippen LogP contribution in [0.4, 0.5) is 5.82 Å². The van der Waals surface area contributed by atoms with Crippen LogP contribution in [0.15, 0.2) is 18.2 Å². The first-order valence-electron chi connectivity index (χ1n) is 10.3. The van der Waals surface area contributed by atoms with Gasteiger partial charge in [-0.15, -0.1) is 0 Å². The number of carbonyl (C=O) groups excluding carboxylic acids is 1. The fourth-order valence-corrected chi connectivity index (χ4v) is 4.01. The average Bonchev–Trinajstić information content (AvgIpc) is 2.87. The summed E-state index contributed by atoms with van der Waals surface area (Å²) < 4.78 is 0. The standard InChI is InChI=1S/C22H33N5O/c1-16(2)14-25(5)15-20-23-21-17(3)8-6-9-19(21)22(24-20)27-11-7-10-26(12-13-27)18(4)28/h6,8-9,16H,7,10-15H2,1-5H3. The Labute approximate surface area is 168 Å². The van der Waals surface area contributed by atoms with E-state index in [1.807, 2.05) is 4.90 Å². The highest BCUT2D eigenvalue weighted by Crippen LogP contribution is 2.27. The monoisotopic (exact) mass is 383 g/mol. The van der Waals surface area contributed by atoms with Crippen LogP contribution in [0, 0.1) is 12.8 Å². The number of para-hydroxylation sites is 1. The molecule has 2 aromatic rings. The molecule has 1 fully saturated rings. The van der Waals surface area contributed by atoms with Crippen molar-refractivity contribution in [2.45, 2.75) is 40.7 Å². The molecule has 0 bridgehead atoms. The number of benzene rings is 1. The molecule has 0 N–H and O–H groups in total. The quantitative estimate of drug-likeness (QED) is 0.794. The molecule has 1 aromatic heterocycles. The molecule has 1 aliphatic heterocycles. The molecule has 0 spiro atoms. The summed E-state index contributed by atoms with van der Waals surface area (Å²) >= 11 is 0. The van der Waals surface area contributed by atoms with E-state index in [0.29, 0.717) is 5.92 Å². The van der Waals surface area contributed by atoms with Crippen molar-refractivity contribution < 1.29 is 4.79 Å². The third-order valence-electron chi connectivity index (χ3n) is 5.28. The second-order valence-corrected chi connectivity index (χ2v) is 8.37. The number of anilines is 1. The lowest BCUT2D eigenvalue weighted by Gasteiger charge is -2.25. The Morgan fingerprint density at radius 1 is 1.18 bits per heavy atom. The zero-order chi connectivity index (χ0) is 20.3. The lowest BCUT2D eigenvalue weighted by atomic mass is 10.1. The van der Waals surface area contributed by atoms with Crippen LogP contribution in [-0.4, -0.2) is 65.4 Å². The van der Waals surface area contributed by atoms with E-state index >= 15 is 0 Å². The summed E-state index contributed by atoms with van der Waals surface area (Å²) in [4.78, 5) is 28.2. The minimum absolute atomic E-state index is 0.154. The molecule has 28 heavy (non-hydrogen) atoms. The van der Waals surface area contributed by atoms with E-state index in [4.69, 9.17) is 9.97 Å². The number of fused-ring (bicyclic) bond motifs is 1. The van der Waals surface area contributed by atoms with Crippen molar-refractivity contribution in [3.8, 4) is 0 Å². The second-order valence-electron chi connectivity index (χ2n) is 8.37. The van der Waals surface area contributed by atoms with Gasteiger partial charge in [-0.25, -0.2) is 9.97 Å². The molecule has 1 aromatic carbocycles. The van der Waals surface area contributed by atoms with Crippen molar-refractivity contribution in [1.29, 1.82) is 0 Å². The maximum absolute atomic E-state index is 11.8. The van der Waals surface area contributed by atoms with Crippen LogP contribution >= 0.6 is 0 Å². The molecular weight excluding hydrogens is 350 g/mol. The molecule has 2 heterocycles. The van der Waals surface area contributed by atoms with Crippen LogP contribution in [-0.2, 0) is 11.3 Å². The summed E-state index contributed by atoms with van der Waals surface area (Å²) in [6.07, 6.45) is 0.958. The van der Waals surface area contributed by atoms with Gasteiger partial charge in [0.25, 0.3) is 0 Å². The molecule has 0 radical (unpaired) electrons. The Hall–Kier alpha value is -2.21. The van der Waals surface area contributed by atoms with E-state index in [9.17, 15) is 4.79 Å². The number of amides is 1. The molecule has 1 aliphatic rings. The van der Waals surface area contributed by atoms with Crippen LogP contribution in [0.25, 0.3) is 10.9 Å². The van der Waals surface area contributed by atoms with Crippen LogP contribution in [0.2, 0.25) is 0 Å². The Morgan fingerprint density at radius 3 is 2.68 bits per heavy atom. The largest absolute Gasteiger partial charge is 0.354 e. The summed E-state index contributed by atoms with van der Waals surface area (Å²) in [7, 11) is 2.13. The fraction of sp³-hybridized carbons (Fsp3) is 0.591. The molecular formula is C22H33N5O. The third-order valence-corrected chi connectivity index (χ3v) is 5.28. The molecule has 3 rings (SSSR count). The second kappa shape index (κ2) is 8.86. The minimum Gasteiger partial charge on any atom is -0.354 e. The predicted octanol–water partition coefficient (Wildman–Crippen LogP) is 3.08. The topological polar surface area (TPSA) is 52.6 Å². The maximum atomic E-state index is 11.8. The summed E-state index contributed by atoms with van der Waals surface area (Å²) in [5, 5.41) is 1.10. The zero-order valence-corrected chi connectivity index (χ0v) is 17.9. The number of rotatable bonds is 5. The Balaban J connectivity index is 1.95. The summed E-state index contributed by atoms with van der Waals surface area (Å²) in [6, 6.07) is 6.31. The highest BCUT2D eigenvalue weighted by Gasteiger charge is 2.21. The van der Waals surface area contributed by atoms with Crippen LogP contribution in [0.3, 0.4) is 0 Å². The van der Waals surface area contributed by atoms with E-state index in [-0.39, 0.29) is 5.91 Å². The highest BCUT2D eigenvalue weighted by molar-refractivity contribution is 5.91. The van der Waals surface area contributed by atoms with E-state index in [2.05, 4.69) is 55.8 Å². The van der Waals surface area contributed by atoms with Crippen LogP contribution in [0.1, 0.15) is 38.6 Å². The minimum atomic E-state index is 0.154. The van der Waals surface area contributed by atoms with E-state index < -0.39 is 0 Å². The Kier molecular flexibility index (Phi) is 6.50. The van der Waals surface area contributed by atoms with Gasteiger partial charge in [0, 0.05) is 45.0 Å². The summed E-state index contributed by atoms with van der Waals surface area (Å²) in [6.45, 7) is 13.3. The van der Waals surface area contributed by atoms with Gasteiger partial charge < -0.3 is 9.80 Å². The van der Waals surface area contributed by atoms with Gasteiger partial charge in [0.15, 0.2) is 0 Å². The first kappa shape index (κ1) is 20.5. The SMILES string of the molecule is CC(=O)N1CCCN(c2nc(CN(C)CC(C)C)nc3c(C)cccc23)CC1. The maximum Gasteiger partial charge on any atom is 0.219 e. The van der Waals surface area contributed by atoms with Gasteiger partial charge in [0.2, 0.25) is 5.91 Å². The van der Waals surface area contributed by atoms with Crippen molar-refractivity contribution in [3.63, 3.8) is 0 Å². The van der Waals surface area contributed by atoms with Crippen molar-refractivity contribution in [2.75, 3.05) is 44.7 Å². The van der Waals surface area contributed by atoms with Crippen molar-refractivity contribution in [3.05, 3.63) is 29.6 Å². The predicted molar refractivity (Wildman–Crippen MR) is 115 cm³/mol. The van der Waals surface area contributed by atoms with E-state index in [1.165, 1.54) is 5.56 Å². The zero-order valence-electron chi connectivity index (χ0n) is 17.9. The molecule has 1 amide bonds. The van der Waals surface area contributed by atoms with Crippen molar-refractivity contribution in [2.24, 2.45) is 5.92 Å². The lowest BCUT2D eigenvalue weighted by molar-refractivity contribution is -0.128. The molecule has 0 unspecified atom stereocenters. The molecule has 1 saturated heterocycles. The van der Waals surface area contributed by atoms with Crippen molar-refractivity contribution in [1.82, 2.24) is 19.8 Å². The first-order valence-corrected chi connectivity index (χ1v) is 10.3. The number of hydrogen-bond acceptors (Lipinski definition) is 5. The molecule has 6 nitrogen and oxygen atoms in total. The molecule has 0 atom stereocenters. The summed E-state index contributed by atoms with van der Waals surface area (Å²) in [5.74, 6) is 2.63. The van der Waals surface area contributed by atoms with Gasteiger partial charge in [-0.05, 0) is 37.9 Å². The van der Waals surface area contributed by atoms with E-state index in [1.54, 1.807) is 6.92 Å². The van der Waals surface area contributed by atoms with Gasteiger partial charge >= 0.3 is 0 Å². The molecule has 0 aliphatic carbocycles. The smallest absolute Gasteiger partial charge is 0.219 e. The van der Waals surface area contributed by atoms with Gasteiger partial charge in [-0.2, -0.15) is 0 Å². The Morgan fingerprint density at radius 2 is 1.96 bits per heavy atom. The third kappa shape index (κ3) is 4.79. The first-order chi connectivity index (χ1) is 13.3. The van der Waals surface area contributed by atoms with E-state index in [0.717, 1.165) is 68.2 Å².